The Labute approximate surface area is 168 Å². The number of nitrogens with zero attached hydrogens (tertiary/aromatic N) is 2. The van der Waals surface area contributed by atoms with Gasteiger partial charge in [0.25, 0.3) is 0 Å². The number of fused-ring (bicyclic) bond motifs is 1. The van der Waals surface area contributed by atoms with E-state index >= 15 is 0 Å². The second-order valence-corrected chi connectivity index (χ2v) is 8.14. The maximum Gasteiger partial charge on any atom is 0.237 e. The van der Waals surface area contributed by atoms with Crippen molar-refractivity contribution in [3.05, 3.63) is 23.3 Å². The maximum atomic E-state index is 12.8. The molecule has 0 spiro atoms. The van der Waals surface area contributed by atoms with Crippen molar-refractivity contribution in [2.45, 2.75) is 46.2 Å². The first kappa shape index (κ1) is 22.0. The van der Waals surface area contributed by atoms with E-state index < -0.39 is 0 Å². The highest BCUT2D eigenvalue weighted by molar-refractivity contribution is 5.81. The molecule has 0 aromatic heterocycles. The third-order valence-electron chi connectivity index (χ3n) is 4.76. The van der Waals surface area contributed by atoms with Gasteiger partial charge in [-0.15, -0.1) is 0 Å². The minimum absolute atomic E-state index is 0.0332. The summed E-state index contributed by atoms with van der Waals surface area (Å²) in [5.41, 5.74) is 1.97. The largest absolute Gasteiger partial charge is 0.493 e. The molecule has 7 nitrogen and oxygen atoms in total. The summed E-state index contributed by atoms with van der Waals surface area (Å²) in [7, 11) is 3.23. The van der Waals surface area contributed by atoms with Crippen LogP contribution in [0.4, 0.5) is 0 Å². The van der Waals surface area contributed by atoms with E-state index in [4.69, 9.17) is 9.47 Å². The molecule has 1 N–H and O–H groups in total. The fraction of sp³-hybridized carbons (Fsp3) is 0.619. The average Bonchev–Trinajstić information content (AvgIpc) is 2.64. The predicted octanol–water partition coefficient (Wildman–Crippen LogP) is 1.83. The number of methoxy groups -OCH3 is 2. The highest BCUT2D eigenvalue weighted by Crippen LogP contribution is 2.33. The van der Waals surface area contributed by atoms with Crippen LogP contribution in [0.25, 0.3) is 0 Å². The third kappa shape index (κ3) is 5.86. The van der Waals surface area contributed by atoms with E-state index in [2.05, 4.69) is 5.32 Å². The summed E-state index contributed by atoms with van der Waals surface area (Å²) in [6, 6.07) is 3.94. The zero-order valence-corrected chi connectivity index (χ0v) is 17.9. The summed E-state index contributed by atoms with van der Waals surface area (Å²) < 4.78 is 10.7. The fourth-order valence-corrected chi connectivity index (χ4v) is 3.33. The normalized spacial score (nSPS) is 13.9. The molecule has 1 heterocycles. The van der Waals surface area contributed by atoms with Gasteiger partial charge in [0.05, 0.1) is 27.3 Å². The molecule has 2 rings (SSSR count). The number of carbonyl (C=O) groups excluding carboxylic acids is 2. The van der Waals surface area contributed by atoms with Crippen molar-refractivity contribution in [2.75, 3.05) is 40.4 Å². The molecule has 2 amide bonds. The van der Waals surface area contributed by atoms with Gasteiger partial charge in [-0.05, 0) is 57.0 Å². The molecule has 1 aliphatic rings. The lowest BCUT2D eigenvalue weighted by atomic mass is 9.98. The van der Waals surface area contributed by atoms with Crippen LogP contribution >= 0.6 is 0 Å². The van der Waals surface area contributed by atoms with E-state index in [0.717, 1.165) is 12.0 Å². The minimum atomic E-state index is -0.281. The zero-order valence-electron chi connectivity index (χ0n) is 17.9. The first-order chi connectivity index (χ1) is 13.2. The Morgan fingerprint density at radius 3 is 2.25 bits per heavy atom. The van der Waals surface area contributed by atoms with Gasteiger partial charge in [-0.25, -0.2) is 0 Å². The summed E-state index contributed by atoms with van der Waals surface area (Å²) in [5.74, 6) is 1.35. The summed E-state index contributed by atoms with van der Waals surface area (Å²) in [6.45, 7) is 10.1. The summed E-state index contributed by atoms with van der Waals surface area (Å²) in [5, 5.41) is 2.94. The molecule has 1 aliphatic heterocycles. The monoisotopic (exact) mass is 391 g/mol. The van der Waals surface area contributed by atoms with E-state index in [9.17, 15) is 9.59 Å². The zero-order chi connectivity index (χ0) is 20.9. The number of hydrogen-bond donors (Lipinski definition) is 1. The number of carbonyl (C=O) groups is 2. The Kier molecular flexibility index (Phi) is 7.29. The van der Waals surface area contributed by atoms with Gasteiger partial charge in [0.1, 0.15) is 0 Å². The third-order valence-corrected chi connectivity index (χ3v) is 4.76. The molecule has 0 aliphatic carbocycles. The van der Waals surface area contributed by atoms with E-state index in [1.807, 2.05) is 49.6 Å². The lowest BCUT2D eigenvalue weighted by molar-refractivity contribution is -0.134. The highest BCUT2D eigenvalue weighted by Gasteiger charge is 2.25. The molecule has 0 fully saturated rings. The van der Waals surface area contributed by atoms with E-state index in [-0.39, 0.29) is 30.4 Å². The molecule has 1 aromatic carbocycles. The van der Waals surface area contributed by atoms with Crippen molar-refractivity contribution in [2.24, 2.45) is 0 Å². The van der Waals surface area contributed by atoms with Gasteiger partial charge < -0.3 is 19.7 Å². The first-order valence-electron chi connectivity index (χ1n) is 9.71. The van der Waals surface area contributed by atoms with Crippen molar-refractivity contribution in [1.29, 1.82) is 0 Å². The smallest absolute Gasteiger partial charge is 0.237 e. The Morgan fingerprint density at radius 1 is 1.11 bits per heavy atom. The summed E-state index contributed by atoms with van der Waals surface area (Å²) in [6.07, 6.45) is 0.776. The molecule has 156 valence electrons. The summed E-state index contributed by atoms with van der Waals surface area (Å²) >= 11 is 0. The lowest BCUT2D eigenvalue weighted by Crippen LogP contribution is -2.48. The van der Waals surface area contributed by atoms with Gasteiger partial charge in [0.15, 0.2) is 11.5 Å². The van der Waals surface area contributed by atoms with Crippen molar-refractivity contribution < 1.29 is 19.1 Å². The molecule has 0 saturated heterocycles. The molecule has 7 heteroatoms. The second-order valence-electron chi connectivity index (χ2n) is 8.14. The topological polar surface area (TPSA) is 71.1 Å². The van der Waals surface area contributed by atoms with Gasteiger partial charge in [0.2, 0.25) is 11.8 Å². The van der Waals surface area contributed by atoms with Crippen LogP contribution in [0.3, 0.4) is 0 Å². The molecule has 0 saturated carbocycles. The van der Waals surface area contributed by atoms with Crippen LogP contribution in [0.1, 0.15) is 38.8 Å². The minimum Gasteiger partial charge on any atom is -0.493 e. The van der Waals surface area contributed by atoms with E-state index in [1.54, 1.807) is 14.2 Å². The van der Waals surface area contributed by atoms with Crippen LogP contribution in [-0.4, -0.2) is 67.6 Å². The molecule has 0 radical (unpaired) electrons. The highest BCUT2D eigenvalue weighted by atomic mass is 16.5. The van der Waals surface area contributed by atoms with Crippen LogP contribution in [-0.2, 0) is 22.6 Å². The van der Waals surface area contributed by atoms with Crippen molar-refractivity contribution in [1.82, 2.24) is 15.1 Å². The number of amides is 2. The van der Waals surface area contributed by atoms with E-state index in [0.29, 0.717) is 31.1 Å². The standard InChI is InChI=1S/C21H33N3O4/c1-7-23(13-19(25)22-21(2,3)4)14-20(26)24-9-8-15-10-17(27-5)18(28-6)11-16(15)12-24/h10-11H,7-9,12-14H2,1-6H3,(H,22,25). The second kappa shape index (κ2) is 9.28. The molecule has 0 atom stereocenters. The molecular weight excluding hydrogens is 358 g/mol. The average molecular weight is 392 g/mol. The van der Waals surface area contributed by atoms with Gasteiger partial charge in [-0.2, -0.15) is 0 Å². The Morgan fingerprint density at radius 2 is 1.71 bits per heavy atom. The SMILES string of the molecule is CCN(CC(=O)NC(C)(C)C)CC(=O)N1CCc2cc(OC)c(OC)cc2C1. The quantitative estimate of drug-likeness (QED) is 0.768. The Hall–Kier alpha value is -2.28. The van der Waals surface area contributed by atoms with Crippen molar-refractivity contribution >= 4 is 11.8 Å². The number of benzene rings is 1. The number of nitrogens with one attached hydrogen (secondary N) is 1. The molecule has 0 unspecified atom stereocenters. The molecule has 1 aromatic rings. The Balaban J connectivity index is 2.00. The van der Waals surface area contributed by atoms with Gasteiger partial charge in [0, 0.05) is 18.6 Å². The predicted molar refractivity (Wildman–Crippen MR) is 109 cm³/mol. The molecule has 0 bridgehead atoms. The van der Waals surface area contributed by atoms with Crippen LogP contribution in [0.2, 0.25) is 0 Å². The number of likely N-dealkylation sites (N-methyl/N-ethyl adjacent to an activating group) is 1. The first-order valence-corrected chi connectivity index (χ1v) is 9.71. The lowest BCUT2D eigenvalue weighted by Gasteiger charge is -2.31. The number of rotatable bonds is 7. The van der Waals surface area contributed by atoms with Crippen molar-refractivity contribution in [3.8, 4) is 11.5 Å². The van der Waals surface area contributed by atoms with Crippen LogP contribution in [0.5, 0.6) is 11.5 Å². The fourth-order valence-electron chi connectivity index (χ4n) is 3.33. The van der Waals surface area contributed by atoms with Crippen LogP contribution in [0.15, 0.2) is 12.1 Å². The number of ether oxygens (including phenoxy) is 2. The van der Waals surface area contributed by atoms with Crippen molar-refractivity contribution in [3.63, 3.8) is 0 Å². The van der Waals surface area contributed by atoms with Gasteiger partial charge in [-0.1, -0.05) is 6.92 Å². The van der Waals surface area contributed by atoms with Gasteiger partial charge in [-0.3, -0.25) is 14.5 Å². The maximum absolute atomic E-state index is 12.8. The Bertz CT molecular complexity index is 712. The molecule has 28 heavy (non-hydrogen) atoms. The molecular formula is C21H33N3O4. The van der Waals surface area contributed by atoms with Gasteiger partial charge >= 0.3 is 0 Å². The number of hydrogen-bond acceptors (Lipinski definition) is 5. The summed E-state index contributed by atoms with van der Waals surface area (Å²) in [4.78, 5) is 28.7. The van der Waals surface area contributed by atoms with Crippen LogP contribution < -0.4 is 14.8 Å². The van der Waals surface area contributed by atoms with E-state index in [1.165, 1.54) is 5.56 Å². The van der Waals surface area contributed by atoms with Crippen LogP contribution in [0, 0.1) is 0 Å².